The summed E-state index contributed by atoms with van der Waals surface area (Å²) in [5.74, 6) is 0.866. The smallest absolute Gasteiger partial charge is 0.0414 e. The van der Waals surface area contributed by atoms with Gasteiger partial charge in [0.05, 0.1) is 0 Å². The number of rotatable bonds is 3. The Morgan fingerprint density at radius 3 is 2.50 bits per heavy atom. The topological polar surface area (TPSA) is 26.0 Å². The zero-order valence-electron chi connectivity index (χ0n) is 8.87. The molecule has 0 atom stereocenters. The molecule has 1 nitrogen and oxygen atoms in total. The minimum absolute atomic E-state index is 0.0128. The molecule has 0 saturated heterocycles. The van der Waals surface area contributed by atoms with Crippen molar-refractivity contribution < 1.29 is 0 Å². The molecule has 0 aromatic heterocycles. The first kappa shape index (κ1) is 9.72. The van der Waals surface area contributed by atoms with Crippen molar-refractivity contribution >= 4 is 0 Å². The molecule has 1 saturated carbocycles. The molecule has 2 rings (SSSR count). The van der Waals surface area contributed by atoms with Crippen LogP contribution in [0.1, 0.15) is 38.2 Å². The summed E-state index contributed by atoms with van der Waals surface area (Å²) in [5, 5.41) is 0. The molecule has 2 N–H and O–H groups in total. The van der Waals surface area contributed by atoms with Crippen LogP contribution in [0, 0.1) is 5.92 Å². The zero-order chi connectivity index (χ0) is 10.0. The van der Waals surface area contributed by atoms with Gasteiger partial charge in [-0.3, -0.25) is 0 Å². The van der Waals surface area contributed by atoms with E-state index in [-0.39, 0.29) is 5.54 Å². The molecule has 76 valence electrons. The Morgan fingerprint density at radius 2 is 1.93 bits per heavy atom. The second-order valence-corrected chi connectivity index (χ2v) is 4.59. The molecular formula is C13H19N. The Hall–Kier alpha value is -0.820. The third kappa shape index (κ3) is 1.69. The molecule has 0 amide bonds. The Morgan fingerprint density at radius 1 is 1.29 bits per heavy atom. The average Bonchev–Trinajstić information content (AvgIpc) is 2.17. The van der Waals surface area contributed by atoms with Gasteiger partial charge in [-0.2, -0.15) is 0 Å². The van der Waals surface area contributed by atoms with Crippen LogP contribution in [0.25, 0.3) is 0 Å². The van der Waals surface area contributed by atoms with Crippen LogP contribution in [0.5, 0.6) is 0 Å². The maximum absolute atomic E-state index is 6.34. The fraction of sp³-hybridized carbons (Fsp3) is 0.538. The van der Waals surface area contributed by atoms with Crippen LogP contribution >= 0.6 is 0 Å². The normalized spacial score (nSPS) is 31.1. The Balaban J connectivity index is 2.01. The highest BCUT2D eigenvalue weighted by molar-refractivity contribution is 5.26. The van der Waals surface area contributed by atoms with Crippen molar-refractivity contribution in [1.82, 2.24) is 0 Å². The highest BCUT2D eigenvalue weighted by Crippen LogP contribution is 2.45. The third-order valence-electron chi connectivity index (χ3n) is 3.35. The van der Waals surface area contributed by atoms with Crippen LogP contribution in [-0.2, 0) is 5.54 Å². The van der Waals surface area contributed by atoms with Gasteiger partial charge in [0.1, 0.15) is 0 Å². The summed E-state index contributed by atoms with van der Waals surface area (Å²) in [5.41, 5.74) is 7.64. The molecular weight excluding hydrogens is 170 g/mol. The largest absolute Gasteiger partial charge is 0.321 e. The molecule has 0 unspecified atom stereocenters. The second-order valence-electron chi connectivity index (χ2n) is 4.59. The van der Waals surface area contributed by atoms with E-state index in [1.165, 1.54) is 31.2 Å². The molecule has 1 aliphatic rings. The summed E-state index contributed by atoms with van der Waals surface area (Å²) in [6, 6.07) is 10.5. The van der Waals surface area contributed by atoms with E-state index < -0.39 is 0 Å². The number of hydrogen-bond acceptors (Lipinski definition) is 1. The van der Waals surface area contributed by atoms with Gasteiger partial charge in [-0.1, -0.05) is 50.1 Å². The SMILES string of the molecule is CCCC1CC(N)(c2ccccc2)C1. The monoisotopic (exact) mass is 189 g/mol. The lowest BCUT2D eigenvalue weighted by atomic mass is 9.64. The summed E-state index contributed by atoms with van der Waals surface area (Å²) in [6.45, 7) is 2.25. The molecule has 1 heteroatoms. The molecule has 0 bridgehead atoms. The molecule has 0 radical (unpaired) electrons. The second kappa shape index (κ2) is 3.74. The first-order valence-electron chi connectivity index (χ1n) is 5.59. The van der Waals surface area contributed by atoms with Crippen molar-refractivity contribution in [2.75, 3.05) is 0 Å². The molecule has 0 spiro atoms. The fourth-order valence-corrected chi connectivity index (χ4v) is 2.59. The van der Waals surface area contributed by atoms with Gasteiger partial charge >= 0.3 is 0 Å². The molecule has 0 aliphatic heterocycles. The minimum atomic E-state index is -0.0128. The first-order valence-corrected chi connectivity index (χ1v) is 5.59. The molecule has 0 heterocycles. The van der Waals surface area contributed by atoms with Crippen molar-refractivity contribution in [1.29, 1.82) is 0 Å². The van der Waals surface area contributed by atoms with Crippen molar-refractivity contribution in [2.24, 2.45) is 11.7 Å². The van der Waals surface area contributed by atoms with E-state index in [4.69, 9.17) is 5.73 Å². The van der Waals surface area contributed by atoms with Crippen LogP contribution in [0.3, 0.4) is 0 Å². The molecule has 1 aromatic rings. The quantitative estimate of drug-likeness (QED) is 0.777. The highest BCUT2D eigenvalue weighted by Gasteiger charge is 2.41. The maximum atomic E-state index is 6.34. The van der Waals surface area contributed by atoms with Gasteiger partial charge in [-0.25, -0.2) is 0 Å². The van der Waals surface area contributed by atoms with Gasteiger partial charge in [-0.05, 0) is 24.3 Å². The van der Waals surface area contributed by atoms with Crippen molar-refractivity contribution in [3.8, 4) is 0 Å². The van der Waals surface area contributed by atoms with E-state index >= 15 is 0 Å². The molecule has 1 fully saturated rings. The minimum Gasteiger partial charge on any atom is -0.321 e. The third-order valence-corrected chi connectivity index (χ3v) is 3.35. The lowest BCUT2D eigenvalue weighted by Gasteiger charge is -2.45. The van der Waals surface area contributed by atoms with Crippen LogP contribution < -0.4 is 5.73 Å². The van der Waals surface area contributed by atoms with Crippen LogP contribution in [0.15, 0.2) is 30.3 Å². The lowest BCUT2D eigenvalue weighted by molar-refractivity contribution is 0.138. The summed E-state index contributed by atoms with van der Waals surface area (Å²) in [6.07, 6.45) is 4.97. The Kier molecular flexibility index (Phi) is 2.60. The molecule has 1 aliphatic carbocycles. The average molecular weight is 189 g/mol. The number of hydrogen-bond donors (Lipinski definition) is 1. The van der Waals surface area contributed by atoms with E-state index in [0.29, 0.717) is 0 Å². The van der Waals surface area contributed by atoms with E-state index in [1.807, 2.05) is 0 Å². The zero-order valence-corrected chi connectivity index (χ0v) is 8.87. The predicted octanol–water partition coefficient (Wildman–Crippen LogP) is 3.05. The fourth-order valence-electron chi connectivity index (χ4n) is 2.59. The van der Waals surface area contributed by atoms with Crippen molar-refractivity contribution in [2.45, 2.75) is 38.1 Å². The van der Waals surface area contributed by atoms with Gasteiger partial charge in [0.25, 0.3) is 0 Å². The van der Waals surface area contributed by atoms with E-state index in [9.17, 15) is 0 Å². The first-order chi connectivity index (χ1) is 6.74. The lowest BCUT2D eigenvalue weighted by Crippen LogP contribution is -2.48. The van der Waals surface area contributed by atoms with E-state index in [2.05, 4.69) is 37.3 Å². The van der Waals surface area contributed by atoms with Crippen LogP contribution in [-0.4, -0.2) is 0 Å². The Bertz CT molecular complexity index is 285. The summed E-state index contributed by atoms with van der Waals surface area (Å²) < 4.78 is 0. The van der Waals surface area contributed by atoms with Gasteiger partial charge in [-0.15, -0.1) is 0 Å². The van der Waals surface area contributed by atoms with Gasteiger partial charge in [0.15, 0.2) is 0 Å². The van der Waals surface area contributed by atoms with Gasteiger partial charge < -0.3 is 5.73 Å². The maximum Gasteiger partial charge on any atom is 0.0414 e. The molecule has 14 heavy (non-hydrogen) atoms. The van der Waals surface area contributed by atoms with E-state index in [1.54, 1.807) is 0 Å². The summed E-state index contributed by atoms with van der Waals surface area (Å²) >= 11 is 0. The van der Waals surface area contributed by atoms with E-state index in [0.717, 1.165) is 5.92 Å². The van der Waals surface area contributed by atoms with Crippen LogP contribution in [0.4, 0.5) is 0 Å². The van der Waals surface area contributed by atoms with Crippen LogP contribution in [0.2, 0.25) is 0 Å². The standard InChI is InChI=1S/C13H19N/c1-2-6-11-9-13(14,10-11)12-7-4-3-5-8-12/h3-5,7-8,11H,2,6,9-10,14H2,1H3. The number of benzene rings is 1. The van der Waals surface area contributed by atoms with Gasteiger partial charge in [0.2, 0.25) is 0 Å². The van der Waals surface area contributed by atoms with Crippen molar-refractivity contribution in [3.63, 3.8) is 0 Å². The Labute approximate surface area is 86.3 Å². The van der Waals surface area contributed by atoms with Crippen molar-refractivity contribution in [3.05, 3.63) is 35.9 Å². The predicted molar refractivity (Wildman–Crippen MR) is 59.9 cm³/mol. The number of nitrogens with two attached hydrogens (primary N) is 1. The highest BCUT2D eigenvalue weighted by atomic mass is 14.8. The van der Waals surface area contributed by atoms with Gasteiger partial charge in [0, 0.05) is 5.54 Å². The summed E-state index contributed by atoms with van der Waals surface area (Å²) in [4.78, 5) is 0. The summed E-state index contributed by atoms with van der Waals surface area (Å²) in [7, 11) is 0. The molecule has 1 aromatic carbocycles.